The first-order chi connectivity index (χ1) is 9.22. The van der Waals surface area contributed by atoms with Gasteiger partial charge in [-0.1, -0.05) is 24.6 Å². The van der Waals surface area contributed by atoms with Crippen LogP contribution in [0, 0.1) is 11.3 Å². The Morgan fingerprint density at radius 3 is 2.47 bits per heavy atom. The largest absolute Gasteiger partial charge is 0.301 e. The van der Waals surface area contributed by atoms with Crippen molar-refractivity contribution in [3.63, 3.8) is 0 Å². The minimum Gasteiger partial charge on any atom is -0.301 e. The number of halogens is 1. The van der Waals surface area contributed by atoms with Gasteiger partial charge in [-0.25, -0.2) is 0 Å². The van der Waals surface area contributed by atoms with Gasteiger partial charge >= 0.3 is 0 Å². The molecule has 3 nitrogen and oxygen atoms in total. The van der Waals surface area contributed by atoms with E-state index in [2.05, 4.69) is 22.8 Å². The number of nitrogens with zero attached hydrogens (tertiary/aromatic N) is 3. The highest BCUT2D eigenvalue weighted by Crippen LogP contribution is 2.20. The average molecular weight is 278 g/mol. The normalized spacial score (nSPS) is 17.3. The monoisotopic (exact) mass is 277 g/mol. The minimum atomic E-state index is 0.626. The molecule has 4 heteroatoms. The van der Waals surface area contributed by atoms with Crippen LogP contribution in [0.3, 0.4) is 0 Å². The minimum absolute atomic E-state index is 0.626. The summed E-state index contributed by atoms with van der Waals surface area (Å²) in [5, 5.41) is 9.53. The van der Waals surface area contributed by atoms with Crippen molar-refractivity contribution in [3.05, 3.63) is 34.3 Å². The van der Waals surface area contributed by atoms with Crippen LogP contribution >= 0.6 is 11.6 Å². The number of benzene rings is 1. The second kappa shape index (κ2) is 6.91. The smallest absolute Gasteiger partial charge is 0.0992 e. The molecule has 1 saturated heterocycles. The Morgan fingerprint density at radius 1 is 1.21 bits per heavy atom. The summed E-state index contributed by atoms with van der Waals surface area (Å²) in [6, 6.07) is 7.68. The lowest BCUT2D eigenvalue weighted by Crippen LogP contribution is -2.46. The predicted octanol–water partition coefficient (Wildman–Crippen LogP) is 2.74. The van der Waals surface area contributed by atoms with Gasteiger partial charge in [0, 0.05) is 37.7 Å². The van der Waals surface area contributed by atoms with E-state index in [0.29, 0.717) is 10.6 Å². The Morgan fingerprint density at radius 2 is 1.89 bits per heavy atom. The standard InChI is InChI=1S/C15H20ClN3/c1-2-5-18-6-8-19(9-7-18)12-14-4-3-13(11-17)10-15(14)16/h3-4,10H,2,5-9,12H2,1H3. The van der Waals surface area contributed by atoms with Crippen LogP contribution in [0.1, 0.15) is 24.5 Å². The Hall–Kier alpha value is -1.08. The summed E-state index contributed by atoms with van der Waals surface area (Å²) in [5.41, 5.74) is 1.74. The molecule has 0 bridgehead atoms. The van der Waals surface area contributed by atoms with Gasteiger partial charge in [-0.2, -0.15) is 5.26 Å². The highest BCUT2D eigenvalue weighted by Gasteiger charge is 2.16. The van der Waals surface area contributed by atoms with Crippen LogP contribution in [0.5, 0.6) is 0 Å². The Kier molecular flexibility index (Phi) is 5.21. The van der Waals surface area contributed by atoms with Gasteiger partial charge in [0.15, 0.2) is 0 Å². The molecule has 0 N–H and O–H groups in total. The molecule has 2 rings (SSSR count). The van der Waals surface area contributed by atoms with E-state index in [1.165, 1.54) is 13.0 Å². The maximum atomic E-state index is 8.83. The van der Waals surface area contributed by atoms with Crippen LogP contribution in [0.4, 0.5) is 0 Å². The van der Waals surface area contributed by atoms with Gasteiger partial charge in [-0.3, -0.25) is 4.90 Å². The first-order valence-electron chi connectivity index (χ1n) is 6.86. The molecule has 1 fully saturated rings. The molecule has 0 radical (unpaired) electrons. The Bertz CT molecular complexity index is 459. The summed E-state index contributed by atoms with van der Waals surface area (Å²) in [5.74, 6) is 0. The molecule has 1 aromatic carbocycles. The van der Waals surface area contributed by atoms with E-state index in [9.17, 15) is 0 Å². The second-order valence-corrected chi connectivity index (χ2v) is 5.44. The van der Waals surface area contributed by atoms with Gasteiger partial charge in [-0.15, -0.1) is 0 Å². The van der Waals surface area contributed by atoms with Crippen LogP contribution in [-0.2, 0) is 6.54 Å². The van der Waals surface area contributed by atoms with Crippen LogP contribution in [0.15, 0.2) is 18.2 Å². The molecular formula is C15H20ClN3. The third kappa shape index (κ3) is 3.94. The number of piperazine rings is 1. The van der Waals surface area contributed by atoms with Gasteiger partial charge in [0.05, 0.1) is 11.6 Å². The van der Waals surface area contributed by atoms with Crippen molar-refractivity contribution in [3.8, 4) is 6.07 Å². The molecule has 0 amide bonds. The molecule has 0 spiro atoms. The first kappa shape index (κ1) is 14.3. The van der Waals surface area contributed by atoms with Crippen molar-refractivity contribution >= 4 is 11.6 Å². The molecule has 0 aliphatic carbocycles. The van der Waals surface area contributed by atoms with Gasteiger partial charge < -0.3 is 4.90 Å². The maximum absolute atomic E-state index is 8.83. The summed E-state index contributed by atoms with van der Waals surface area (Å²) in [6.07, 6.45) is 1.22. The lowest BCUT2D eigenvalue weighted by atomic mass is 10.1. The molecule has 0 aromatic heterocycles. The molecule has 102 valence electrons. The summed E-state index contributed by atoms with van der Waals surface area (Å²) < 4.78 is 0. The highest BCUT2D eigenvalue weighted by molar-refractivity contribution is 6.31. The van der Waals surface area contributed by atoms with Crippen molar-refractivity contribution < 1.29 is 0 Å². The average Bonchev–Trinajstić information content (AvgIpc) is 2.43. The third-order valence-corrected chi connectivity index (χ3v) is 3.93. The molecule has 0 unspecified atom stereocenters. The van der Waals surface area contributed by atoms with Gasteiger partial charge in [0.1, 0.15) is 0 Å². The van der Waals surface area contributed by atoms with E-state index in [-0.39, 0.29) is 0 Å². The SMILES string of the molecule is CCCN1CCN(Cc2ccc(C#N)cc2Cl)CC1. The van der Waals surface area contributed by atoms with Gasteiger partial charge in [-0.05, 0) is 30.7 Å². The lowest BCUT2D eigenvalue weighted by molar-refractivity contribution is 0.127. The van der Waals surface area contributed by atoms with Crippen LogP contribution < -0.4 is 0 Å². The van der Waals surface area contributed by atoms with E-state index in [1.54, 1.807) is 6.07 Å². The summed E-state index contributed by atoms with van der Waals surface area (Å²) in [7, 11) is 0. The zero-order valence-electron chi connectivity index (χ0n) is 11.4. The van der Waals surface area contributed by atoms with Crippen LogP contribution in [-0.4, -0.2) is 42.5 Å². The van der Waals surface area contributed by atoms with Gasteiger partial charge in [0.25, 0.3) is 0 Å². The highest BCUT2D eigenvalue weighted by atomic mass is 35.5. The fourth-order valence-electron chi connectivity index (χ4n) is 2.47. The van der Waals surface area contributed by atoms with Crippen molar-refractivity contribution in [1.29, 1.82) is 5.26 Å². The maximum Gasteiger partial charge on any atom is 0.0992 e. The Labute approximate surface area is 120 Å². The number of rotatable bonds is 4. The van der Waals surface area contributed by atoms with Crippen LogP contribution in [0.25, 0.3) is 0 Å². The topological polar surface area (TPSA) is 30.3 Å². The zero-order valence-corrected chi connectivity index (χ0v) is 12.2. The van der Waals surface area contributed by atoms with E-state index in [0.717, 1.165) is 38.3 Å². The number of hydrogen-bond acceptors (Lipinski definition) is 3. The van der Waals surface area contributed by atoms with E-state index in [1.807, 2.05) is 12.1 Å². The Balaban J connectivity index is 1.91. The summed E-state index contributed by atoms with van der Waals surface area (Å²) in [4.78, 5) is 4.94. The molecule has 0 atom stereocenters. The molecule has 1 aliphatic rings. The number of nitriles is 1. The predicted molar refractivity (Wildman–Crippen MR) is 78.2 cm³/mol. The molecule has 1 heterocycles. The van der Waals surface area contributed by atoms with Crippen LogP contribution in [0.2, 0.25) is 5.02 Å². The van der Waals surface area contributed by atoms with E-state index in [4.69, 9.17) is 16.9 Å². The third-order valence-electron chi connectivity index (χ3n) is 3.58. The fraction of sp³-hybridized carbons (Fsp3) is 0.533. The van der Waals surface area contributed by atoms with Crippen molar-refractivity contribution in [2.45, 2.75) is 19.9 Å². The molecule has 1 aliphatic heterocycles. The molecule has 1 aromatic rings. The number of hydrogen-bond donors (Lipinski definition) is 0. The van der Waals surface area contributed by atoms with E-state index >= 15 is 0 Å². The summed E-state index contributed by atoms with van der Waals surface area (Å²) >= 11 is 6.22. The summed E-state index contributed by atoms with van der Waals surface area (Å²) in [6.45, 7) is 8.77. The fourth-order valence-corrected chi connectivity index (χ4v) is 2.71. The van der Waals surface area contributed by atoms with E-state index < -0.39 is 0 Å². The van der Waals surface area contributed by atoms with Crippen molar-refractivity contribution in [2.24, 2.45) is 0 Å². The molecular weight excluding hydrogens is 258 g/mol. The molecule has 0 saturated carbocycles. The zero-order chi connectivity index (χ0) is 13.7. The second-order valence-electron chi connectivity index (χ2n) is 5.04. The van der Waals surface area contributed by atoms with Crippen molar-refractivity contribution in [1.82, 2.24) is 9.80 Å². The van der Waals surface area contributed by atoms with Gasteiger partial charge in [0.2, 0.25) is 0 Å². The lowest BCUT2D eigenvalue weighted by Gasteiger charge is -2.34. The quantitative estimate of drug-likeness (QED) is 0.848. The molecule has 19 heavy (non-hydrogen) atoms. The first-order valence-corrected chi connectivity index (χ1v) is 7.24. The van der Waals surface area contributed by atoms with Crippen molar-refractivity contribution in [2.75, 3.05) is 32.7 Å².